The Morgan fingerprint density at radius 3 is 2.89 bits per heavy atom. The van der Waals surface area contributed by atoms with E-state index in [9.17, 15) is 5.11 Å². The molecular formula is C14H17BrN2OS. The molecule has 0 saturated carbocycles. The van der Waals surface area contributed by atoms with Crippen LogP contribution in [0.15, 0.2) is 46.0 Å². The molecule has 0 bridgehead atoms. The summed E-state index contributed by atoms with van der Waals surface area (Å²) in [5, 5.41) is 10.0. The minimum Gasteiger partial charge on any atom is -0.392 e. The zero-order chi connectivity index (χ0) is 13.7. The van der Waals surface area contributed by atoms with Crippen molar-refractivity contribution in [3.8, 4) is 0 Å². The number of aliphatic hydroxyl groups is 1. The lowest BCUT2D eigenvalue weighted by atomic mass is 10.2. The van der Waals surface area contributed by atoms with Crippen LogP contribution in [0.5, 0.6) is 0 Å². The molecule has 0 spiro atoms. The summed E-state index contributed by atoms with van der Waals surface area (Å²) in [6.45, 7) is 0. The Morgan fingerprint density at radius 2 is 2.21 bits per heavy atom. The molecule has 1 unspecified atom stereocenters. The van der Waals surface area contributed by atoms with Crippen molar-refractivity contribution in [3.63, 3.8) is 0 Å². The Bertz CT molecular complexity index is 530. The van der Waals surface area contributed by atoms with E-state index in [-0.39, 0.29) is 6.10 Å². The van der Waals surface area contributed by atoms with Crippen LogP contribution in [0, 0.1) is 0 Å². The lowest BCUT2D eigenvalue weighted by Gasteiger charge is -2.11. The van der Waals surface area contributed by atoms with Crippen LogP contribution in [-0.2, 0) is 13.5 Å². The van der Waals surface area contributed by atoms with Gasteiger partial charge in [0.15, 0.2) is 0 Å². The topological polar surface area (TPSA) is 38.0 Å². The van der Waals surface area contributed by atoms with Gasteiger partial charge in [-0.1, -0.05) is 12.1 Å². The Morgan fingerprint density at radius 1 is 1.42 bits per heavy atom. The molecule has 5 heteroatoms. The number of benzene rings is 1. The fourth-order valence-corrected chi connectivity index (χ4v) is 3.31. The SMILES string of the molecule is Cn1ccnc1CCC(O)CSc1ccccc1Br. The van der Waals surface area contributed by atoms with Crippen LogP contribution in [0.1, 0.15) is 12.2 Å². The number of imidazole rings is 1. The molecular weight excluding hydrogens is 324 g/mol. The number of aryl methyl sites for hydroxylation is 2. The third-order valence-electron chi connectivity index (χ3n) is 2.89. The minimum atomic E-state index is -0.311. The molecule has 19 heavy (non-hydrogen) atoms. The number of aliphatic hydroxyl groups excluding tert-OH is 1. The number of aromatic nitrogens is 2. The molecule has 1 N–H and O–H groups in total. The quantitative estimate of drug-likeness (QED) is 0.820. The van der Waals surface area contributed by atoms with Gasteiger partial charge in [0, 0.05) is 41.0 Å². The maximum absolute atomic E-state index is 10.0. The molecule has 0 fully saturated rings. The van der Waals surface area contributed by atoms with Crippen LogP contribution in [0.2, 0.25) is 0 Å². The highest BCUT2D eigenvalue weighted by Crippen LogP contribution is 2.27. The number of nitrogens with zero attached hydrogens (tertiary/aromatic N) is 2. The van der Waals surface area contributed by atoms with E-state index in [4.69, 9.17) is 0 Å². The molecule has 1 aromatic carbocycles. The largest absolute Gasteiger partial charge is 0.392 e. The summed E-state index contributed by atoms with van der Waals surface area (Å²) in [6, 6.07) is 8.07. The first-order valence-corrected chi connectivity index (χ1v) is 7.96. The number of hydrogen-bond acceptors (Lipinski definition) is 3. The summed E-state index contributed by atoms with van der Waals surface area (Å²) in [4.78, 5) is 5.42. The van der Waals surface area contributed by atoms with E-state index >= 15 is 0 Å². The normalized spacial score (nSPS) is 12.6. The van der Waals surface area contributed by atoms with Gasteiger partial charge in [0.1, 0.15) is 5.82 Å². The number of rotatable bonds is 6. The first kappa shape index (κ1) is 14.6. The van der Waals surface area contributed by atoms with Crippen LogP contribution in [-0.4, -0.2) is 26.5 Å². The first-order chi connectivity index (χ1) is 9.16. The van der Waals surface area contributed by atoms with Crippen molar-refractivity contribution in [1.82, 2.24) is 9.55 Å². The highest BCUT2D eigenvalue weighted by Gasteiger charge is 2.09. The van der Waals surface area contributed by atoms with Gasteiger partial charge in [-0.3, -0.25) is 0 Å². The van der Waals surface area contributed by atoms with Crippen LogP contribution in [0.25, 0.3) is 0 Å². The molecule has 1 atom stereocenters. The predicted octanol–water partition coefficient (Wildman–Crippen LogP) is 3.27. The van der Waals surface area contributed by atoms with Gasteiger partial charge in [0.25, 0.3) is 0 Å². The van der Waals surface area contributed by atoms with Crippen molar-refractivity contribution in [2.75, 3.05) is 5.75 Å². The molecule has 1 aromatic heterocycles. The Kier molecular flexibility index (Phi) is 5.48. The molecule has 102 valence electrons. The lowest BCUT2D eigenvalue weighted by Crippen LogP contribution is -2.12. The molecule has 0 amide bonds. The second kappa shape index (κ2) is 7.12. The fourth-order valence-electron chi connectivity index (χ4n) is 1.76. The molecule has 0 saturated heterocycles. The van der Waals surface area contributed by atoms with Crippen molar-refractivity contribution in [3.05, 3.63) is 47.0 Å². The lowest BCUT2D eigenvalue weighted by molar-refractivity contribution is 0.188. The molecule has 0 aliphatic heterocycles. The second-order valence-corrected chi connectivity index (χ2v) is 6.30. The van der Waals surface area contributed by atoms with E-state index in [0.717, 1.165) is 23.1 Å². The minimum absolute atomic E-state index is 0.311. The van der Waals surface area contributed by atoms with Gasteiger partial charge in [0.05, 0.1) is 6.10 Å². The maximum Gasteiger partial charge on any atom is 0.108 e. The fraction of sp³-hybridized carbons (Fsp3) is 0.357. The third kappa shape index (κ3) is 4.37. The highest BCUT2D eigenvalue weighted by molar-refractivity contribution is 9.10. The average Bonchev–Trinajstić information content (AvgIpc) is 2.81. The van der Waals surface area contributed by atoms with Crippen molar-refractivity contribution >= 4 is 27.7 Å². The van der Waals surface area contributed by atoms with Gasteiger partial charge in [0.2, 0.25) is 0 Å². The molecule has 2 aromatic rings. The Hall–Kier alpha value is -0.780. The zero-order valence-electron chi connectivity index (χ0n) is 10.8. The van der Waals surface area contributed by atoms with E-state index in [0.29, 0.717) is 5.75 Å². The second-order valence-electron chi connectivity index (χ2n) is 4.39. The van der Waals surface area contributed by atoms with Crippen molar-refractivity contribution < 1.29 is 5.11 Å². The zero-order valence-corrected chi connectivity index (χ0v) is 13.2. The molecule has 0 aliphatic carbocycles. The van der Waals surface area contributed by atoms with E-state index < -0.39 is 0 Å². The van der Waals surface area contributed by atoms with Crippen LogP contribution in [0.4, 0.5) is 0 Å². The number of hydrogen-bond donors (Lipinski definition) is 1. The predicted molar refractivity (Wildman–Crippen MR) is 82.4 cm³/mol. The van der Waals surface area contributed by atoms with Gasteiger partial charge >= 0.3 is 0 Å². The monoisotopic (exact) mass is 340 g/mol. The number of thioether (sulfide) groups is 1. The average molecular weight is 341 g/mol. The van der Waals surface area contributed by atoms with E-state index in [1.807, 2.05) is 36.0 Å². The molecule has 0 radical (unpaired) electrons. The van der Waals surface area contributed by atoms with Crippen molar-refractivity contribution in [2.24, 2.45) is 7.05 Å². The summed E-state index contributed by atoms with van der Waals surface area (Å²) in [5.41, 5.74) is 0. The summed E-state index contributed by atoms with van der Waals surface area (Å²) in [7, 11) is 1.98. The molecule has 0 aliphatic rings. The van der Waals surface area contributed by atoms with Gasteiger partial charge < -0.3 is 9.67 Å². The smallest absolute Gasteiger partial charge is 0.108 e. The molecule has 3 nitrogen and oxygen atoms in total. The summed E-state index contributed by atoms with van der Waals surface area (Å²) in [6.07, 6.45) is 4.95. The summed E-state index contributed by atoms with van der Waals surface area (Å²) < 4.78 is 3.07. The van der Waals surface area contributed by atoms with E-state index in [1.54, 1.807) is 18.0 Å². The van der Waals surface area contributed by atoms with E-state index in [2.05, 4.69) is 27.0 Å². The van der Waals surface area contributed by atoms with Gasteiger partial charge in [-0.05, 0) is 34.5 Å². The maximum atomic E-state index is 10.0. The Labute approximate surface area is 126 Å². The molecule has 2 rings (SSSR count). The van der Waals surface area contributed by atoms with Crippen LogP contribution >= 0.6 is 27.7 Å². The van der Waals surface area contributed by atoms with Crippen molar-refractivity contribution in [2.45, 2.75) is 23.8 Å². The van der Waals surface area contributed by atoms with Gasteiger partial charge in [-0.25, -0.2) is 4.98 Å². The standard InChI is InChI=1S/C14H17BrN2OS/c1-17-9-8-16-14(17)7-6-11(18)10-19-13-5-3-2-4-12(13)15/h2-5,8-9,11,18H,6-7,10H2,1H3. The van der Waals surface area contributed by atoms with Crippen LogP contribution in [0.3, 0.4) is 0 Å². The molecule has 1 heterocycles. The van der Waals surface area contributed by atoms with Crippen molar-refractivity contribution in [1.29, 1.82) is 0 Å². The highest BCUT2D eigenvalue weighted by atomic mass is 79.9. The Balaban J connectivity index is 1.77. The van der Waals surface area contributed by atoms with Gasteiger partial charge in [-0.2, -0.15) is 0 Å². The van der Waals surface area contributed by atoms with E-state index in [1.165, 1.54) is 4.90 Å². The first-order valence-electron chi connectivity index (χ1n) is 6.18. The van der Waals surface area contributed by atoms with Gasteiger partial charge in [-0.15, -0.1) is 11.8 Å². The summed E-state index contributed by atoms with van der Waals surface area (Å²) >= 11 is 5.18. The van der Waals surface area contributed by atoms with Crippen LogP contribution < -0.4 is 0 Å². The summed E-state index contributed by atoms with van der Waals surface area (Å²) in [5.74, 6) is 1.72. The number of halogens is 1. The third-order valence-corrected chi connectivity index (χ3v) is 5.06.